The smallest absolute Gasteiger partial charge is 0.446 e. The van der Waals surface area contributed by atoms with Crippen molar-refractivity contribution in [3.05, 3.63) is 23.6 Å². The summed E-state index contributed by atoms with van der Waals surface area (Å²) < 4.78 is 31.2. The largest absolute Gasteiger partial charge is 0.514 e. The van der Waals surface area contributed by atoms with Crippen LogP contribution in [0.25, 0.3) is 11.3 Å². The summed E-state index contributed by atoms with van der Waals surface area (Å²) in [7, 11) is 0. The average Bonchev–Trinajstić information content (AvgIpc) is 3.21. The molecule has 11 nitrogen and oxygen atoms in total. The molecule has 0 unspecified atom stereocenters. The first-order chi connectivity index (χ1) is 16.7. The number of ether oxygens (including phenoxy) is 6. The summed E-state index contributed by atoms with van der Waals surface area (Å²) in [4.78, 5) is 40.6. The molecule has 12 heteroatoms. The number of carbonyl (C=O) groups excluding carboxylic acids is 3. The third-order valence-electron chi connectivity index (χ3n) is 4.44. The molecule has 1 N–H and O–H groups in total. The molecule has 1 saturated heterocycles. The van der Waals surface area contributed by atoms with Crippen LogP contribution in [-0.4, -0.2) is 54.9 Å². The van der Waals surface area contributed by atoms with E-state index in [9.17, 15) is 14.4 Å². The summed E-state index contributed by atoms with van der Waals surface area (Å²) in [5.74, 6) is 0.146. The van der Waals surface area contributed by atoms with Crippen LogP contribution in [0.1, 0.15) is 40.5 Å². The van der Waals surface area contributed by atoms with Crippen molar-refractivity contribution < 1.29 is 42.8 Å². The molecule has 0 bridgehead atoms. The highest BCUT2D eigenvalue weighted by Gasteiger charge is 2.21. The second-order valence-electron chi connectivity index (χ2n) is 8.08. The summed E-state index contributed by atoms with van der Waals surface area (Å²) in [5, 5.41) is 4.58. The number of nitrogens with zero attached hydrogens (tertiary/aromatic N) is 1. The van der Waals surface area contributed by atoms with E-state index in [0.717, 1.165) is 0 Å². The molecule has 0 spiro atoms. The van der Waals surface area contributed by atoms with Gasteiger partial charge in [-0.15, -0.1) is 11.3 Å². The Hall–Kier alpha value is -3.38. The van der Waals surface area contributed by atoms with E-state index >= 15 is 0 Å². The molecule has 35 heavy (non-hydrogen) atoms. The Kier molecular flexibility index (Phi) is 9.26. The third kappa shape index (κ3) is 8.41. The quantitative estimate of drug-likeness (QED) is 0.295. The molecule has 2 aromatic rings. The Labute approximate surface area is 206 Å². The molecule has 2 heterocycles. The molecule has 3 rings (SSSR count). The molecule has 190 valence electrons. The molecule has 1 aromatic carbocycles. The summed E-state index contributed by atoms with van der Waals surface area (Å²) in [6.07, 6.45) is -2.12. The molecule has 1 aromatic heterocycles. The molecule has 0 saturated carbocycles. The van der Waals surface area contributed by atoms with Crippen LogP contribution < -0.4 is 14.8 Å². The fraction of sp³-hybridized carbons (Fsp3) is 0.478. The highest BCUT2D eigenvalue weighted by Crippen LogP contribution is 2.35. The number of aromatic nitrogens is 1. The third-order valence-corrected chi connectivity index (χ3v) is 5.20. The number of anilines is 1. The van der Waals surface area contributed by atoms with Gasteiger partial charge in [0.2, 0.25) is 0 Å². The van der Waals surface area contributed by atoms with E-state index < -0.39 is 24.5 Å². The second-order valence-corrected chi connectivity index (χ2v) is 8.93. The van der Waals surface area contributed by atoms with Crippen LogP contribution in [0.15, 0.2) is 23.6 Å². The van der Waals surface area contributed by atoms with Crippen molar-refractivity contribution in [2.24, 2.45) is 0 Å². The summed E-state index contributed by atoms with van der Waals surface area (Å²) in [5.41, 5.74) is 0.831. The predicted octanol–water partition coefficient (Wildman–Crippen LogP) is 5.39. The van der Waals surface area contributed by atoms with Gasteiger partial charge in [0.1, 0.15) is 17.6 Å². The molecule has 0 aliphatic carbocycles. The molecular formula is C23H28N2O9S. The fourth-order valence-electron chi connectivity index (χ4n) is 3.00. The maximum absolute atomic E-state index is 12.2. The first kappa shape index (κ1) is 26.2. The Bertz CT molecular complexity index is 1030. The monoisotopic (exact) mass is 508 g/mol. The number of thiazole rings is 1. The van der Waals surface area contributed by atoms with Gasteiger partial charge in [0.05, 0.1) is 31.1 Å². The normalized spacial score (nSPS) is 13.9. The number of rotatable bonds is 7. The lowest BCUT2D eigenvalue weighted by Crippen LogP contribution is -2.28. The van der Waals surface area contributed by atoms with E-state index in [0.29, 0.717) is 42.4 Å². The van der Waals surface area contributed by atoms with Crippen molar-refractivity contribution in [2.45, 2.75) is 58.8 Å². The van der Waals surface area contributed by atoms with E-state index in [2.05, 4.69) is 10.3 Å². The van der Waals surface area contributed by atoms with Crippen molar-refractivity contribution >= 4 is 34.9 Å². The molecule has 1 aliphatic heterocycles. The van der Waals surface area contributed by atoms with Gasteiger partial charge in [-0.05, 0) is 39.8 Å². The Balaban J connectivity index is 1.76. The molecule has 1 fully saturated rings. The molecule has 0 radical (unpaired) electrons. The maximum atomic E-state index is 12.2. The van der Waals surface area contributed by atoms with E-state index in [-0.39, 0.29) is 23.7 Å². The number of benzene rings is 1. The molecular weight excluding hydrogens is 480 g/mol. The maximum Gasteiger partial charge on any atom is 0.514 e. The van der Waals surface area contributed by atoms with Gasteiger partial charge >= 0.3 is 18.4 Å². The zero-order valence-electron chi connectivity index (χ0n) is 19.9. The van der Waals surface area contributed by atoms with E-state index in [4.69, 9.17) is 28.4 Å². The number of carbonyl (C=O) groups is 3. The first-order valence-electron chi connectivity index (χ1n) is 11.1. The summed E-state index contributed by atoms with van der Waals surface area (Å²) >= 11 is 1.17. The molecule has 1 amide bonds. The Morgan fingerprint density at radius 2 is 1.69 bits per heavy atom. The minimum Gasteiger partial charge on any atom is -0.446 e. The van der Waals surface area contributed by atoms with Crippen LogP contribution >= 0.6 is 11.3 Å². The lowest BCUT2D eigenvalue weighted by molar-refractivity contribution is 0.00590. The van der Waals surface area contributed by atoms with Gasteiger partial charge in [-0.3, -0.25) is 5.32 Å². The van der Waals surface area contributed by atoms with Crippen LogP contribution in [0.4, 0.5) is 19.5 Å². The number of hydrogen-bond acceptors (Lipinski definition) is 11. The van der Waals surface area contributed by atoms with Crippen molar-refractivity contribution in [1.29, 1.82) is 0 Å². The van der Waals surface area contributed by atoms with E-state index in [1.807, 2.05) is 0 Å². The minimum absolute atomic E-state index is 0.0483. The van der Waals surface area contributed by atoms with Gasteiger partial charge in [-0.25, -0.2) is 19.4 Å². The topological polar surface area (TPSA) is 132 Å². The van der Waals surface area contributed by atoms with Crippen LogP contribution in [0.3, 0.4) is 0 Å². The van der Waals surface area contributed by atoms with Gasteiger partial charge < -0.3 is 28.4 Å². The fourth-order valence-corrected chi connectivity index (χ4v) is 3.69. The summed E-state index contributed by atoms with van der Waals surface area (Å²) in [6, 6.07) is 4.42. The van der Waals surface area contributed by atoms with Gasteiger partial charge in [0.25, 0.3) is 0 Å². The predicted molar refractivity (Wildman–Crippen MR) is 126 cm³/mol. The van der Waals surface area contributed by atoms with Crippen LogP contribution in [0.2, 0.25) is 0 Å². The Morgan fingerprint density at radius 1 is 1.03 bits per heavy atom. The average molecular weight is 509 g/mol. The van der Waals surface area contributed by atoms with E-state index in [1.54, 1.807) is 39.1 Å². The number of nitrogens with one attached hydrogen (secondary N) is 1. The lowest BCUT2D eigenvalue weighted by atomic mass is 10.1. The number of amides is 1. The SMILES string of the molecule is CC(C)OC(=O)Oc1ccc(-c2csc(NC(=O)OC3CCOCC3)n2)c(OC(=O)OC(C)C)c1. The second kappa shape index (κ2) is 12.4. The van der Waals surface area contributed by atoms with Crippen molar-refractivity contribution in [3.8, 4) is 22.8 Å². The van der Waals surface area contributed by atoms with Crippen molar-refractivity contribution in [3.63, 3.8) is 0 Å². The highest BCUT2D eigenvalue weighted by molar-refractivity contribution is 7.14. The van der Waals surface area contributed by atoms with Crippen LogP contribution in [-0.2, 0) is 18.9 Å². The Morgan fingerprint density at radius 3 is 2.34 bits per heavy atom. The van der Waals surface area contributed by atoms with E-state index in [1.165, 1.54) is 23.5 Å². The van der Waals surface area contributed by atoms with Gasteiger partial charge in [-0.1, -0.05) is 0 Å². The van der Waals surface area contributed by atoms with Gasteiger partial charge in [0.15, 0.2) is 5.13 Å². The van der Waals surface area contributed by atoms with Crippen LogP contribution in [0.5, 0.6) is 11.5 Å². The van der Waals surface area contributed by atoms with Crippen molar-refractivity contribution in [2.75, 3.05) is 18.5 Å². The minimum atomic E-state index is -0.934. The first-order valence-corrected chi connectivity index (χ1v) is 12.0. The van der Waals surface area contributed by atoms with Crippen LogP contribution in [0, 0.1) is 0 Å². The lowest BCUT2D eigenvalue weighted by Gasteiger charge is -2.21. The summed E-state index contributed by atoms with van der Waals surface area (Å²) in [6.45, 7) is 7.84. The molecule has 1 aliphatic rings. The zero-order valence-corrected chi connectivity index (χ0v) is 20.7. The van der Waals surface area contributed by atoms with Gasteiger partial charge in [0, 0.05) is 29.9 Å². The number of hydrogen-bond donors (Lipinski definition) is 1. The highest BCUT2D eigenvalue weighted by atomic mass is 32.1. The zero-order chi connectivity index (χ0) is 25.4. The standard InChI is InChI=1S/C23H28N2O9S/c1-13(2)30-22(27)33-16-5-6-17(19(11-16)34-23(28)31-14(3)4)18-12-35-20(24-18)25-21(26)32-15-7-9-29-10-8-15/h5-6,11-15H,7-10H2,1-4H3,(H,24,25,26). The molecule has 0 atom stereocenters. The van der Waals surface area contributed by atoms with Gasteiger partial charge in [-0.2, -0.15) is 0 Å². The van der Waals surface area contributed by atoms with Crippen molar-refractivity contribution in [1.82, 2.24) is 4.98 Å².